The van der Waals surface area contributed by atoms with Crippen molar-refractivity contribution in [3.05, 3.63) is 76.3 Å². The number of aromatic nitrogens is 2. The van der Waals surface area contributed by atoms with Crippen molar-refractivity contribution < 1.29 is 0 Å². The van der Waals surface area contributed by atoms with E-state index < -0.39 is 0 Å². The second-order valence-corrected chi connectivity index (χ2v) is 8.63. The Bertz CT molecular complexity index is 1010. The molecule has 0 saturated carbocycles. The zero-order valence-electron chi connectivity index (χ0n) is 17.3. The molecular weight excluding hydrogens is 360 g/mol. The molecule has 4 rings (SSSR count). The number of fused-ring (bicyclic) bond motifs is 1. The van der Waals surface area contributed by atoms with Crippen LogP contribution in [-0.2, 0) is 6.42 Å². The summed E-state index contributed by atoms with van der Waals surface area (Å²) in [6, 6.07) is 18.3. The summed E-state index contributed by atoms with van der Waals surface area (Å²) in [7, 11) is 0. The molecular formula is C24H30N4O. The molecule has 1 fully saturated rings. The highest BCUT2D eigenvalue weighted by atomic mass is 16.1. The van der Waals surface area contributed by atoms with Crippen LogP contribution in [0.1, 0.15) is 37.7 Å². The summed E-state index contributed by atoms with van der Waals surface area (Å²) < 4.78 is 0. The molecule has 0 amide bonds. The maximum Gasteiger partial charge on any atom is 0.258 e. The number of nitrogens with one attached hydrogen (secondary N) is 2. The van der Waals surface area contributed by atoms with Crippen LogP contribution in [0.15, 0.2) is 59.4 Å². The van der Waals surface area contributed by atoms with Crippen LogP contribution in [0.4, 0.5) is 0 Å². The molecule has 1 aromatic heterocycles. The van der Waals surface area contributed by atoms with Gasteiger partial charge in [-0.25, -0.2) is 4.98 Å². The highest BCUT2D eigenvalue weighted by molar-refractivity contribution is 5.77. The number of hydrogen-bond acceptors (Lipinski definition) is 4. The van der Waals surface area contributed by atoms with E-state index in [1.165, 1.54) is 5.56 Å². The molecule has 2 aromatic carbocycles. The number of H-pyrrole nitrogens is 1. The minimum absolute atomic E-state index is 0.0500. The fourth-order valence-electron chi connectivity index (χ4n) is 4.46. The molecule has 5 heteroatoms. The standard InChI is InChI=1S/C24H30N4O/c1-24(2,13-12-18-8-4-3-5-9-18)21(28-16-14-25-15-17-28)22-26-20-11-7-6-10-19(20)23(29)27-22/h3-11,21,25H,12-17H2,1-2H3,(H,26,27,29)/t21-/m1/s1. The van der Waals surface area contributed by atoms with Gasteiger partial charge in [-0.1, -0.05) is 56.3 Å². The number of aryl methyl sites for hydroxylation is 1. The van der Waals surface area contributed by atoms with Crippen molar-refractivity contribution in [1.29, 1.82) is 0 Å². The van der Waals surface area contributed by atoms with E-state index in [2.05, 4.69) is 59.4 Å². The van der Waals surface area contributed by atoms with E-state index in [-0.39, 0.29) is 17.0 Å². The lowest BCUT2D eigenvalue weighted by Crippen LogP contribution is -2.49. The predicted molar refractivity (Wildman–Crippen MR) is 118 cm³/mol. The molecule has 29 heavy (non-hydrogen) atoms. The molecule has 1 aliphatic heterocycles. The lowest BCUT2D eigenvalue weighted by Gasteiger charge is -2.43. The number of rotatable bonds is 6. The first-order valence-corrected chi connectivity index (χ1v) is 10.5. The number of hydrogen-bond donors (Lipinski definition) is 2. The Morgan fingerprint density at radius 1 is 1.03 bits per heavy atom. The Labute approximate surface area is 172 Å². The van der Waals surface area contributed by atoms with Gasteiger partial charge in [0.05, 0.1) is 16.9 Å². The van der Waals surface area contributed by atoms with E-state index in [1.54, 1.807) is 0 Å². The summed E-state index contributed by atoms with van der Waals surface area (Å²) in [6.07, 6.45) is 2.02. The Morgan fingerprint density at radius 3 is 2.48 bits per heavy atom. The molecule has 0 unspecified atom stereocenters. The maximum atomic E-state index is 12.8. The molecule has 1 atom stereocenters. The molecule has 0 radical (unpaired) electrons. The van der Waals surface area contributed by atoms with E-state index >= 15 is 0 Å². The van der Waals surface area contributed by atoms with Crippen LogP contribution in [0, 0.1) is 5.41 Å². The summed E-state index contributed by atoms with van der Waals surface area (Å²) in [5, 5.41) is 4.09. The van der Waals surface area contributed by atoms with Gasteiger partial charge in [-0.2, -0.15) is 0 Å². The fraction of sp³-hybridized carbons (Fsp3) is 0.417. The second-order valence-electron chi connectivity index (χ2n) is 8.63. The first-order valence-electron chi connectivity index (χ1n) is 10.5. The number of piperazine rings is 1. The lowest BCUT2D eigenvalue weighted by atomic mass is 9.77. The molecule has 1 saturated heterocycles. The van der Waals surface area contributed by atoms with E-state index in [9.17, 15) is 4.79 Å². The average Bonchev–Trinajstić information content (AvgIpc) is 2.74. The van der Waals surface area contributed by atoms with Gasteiger partial charge in [0.25, 0.3) is 5.56 Å². The molecule has 2 heterocycles. The van der Waals surface area contributed by atoms with Gasteiger partial charge in [0, 0.05) is 26.2 Å². The third kappa shape index (κ3) is 4.41. The quantitative estimate of drug-likeness (QED) is 0.676. The molecule has 1 aliphatic rings. The van der Waals surface area contributed by atoms with Gasteiger partial charge in [-0.05, 0) is 36.0 Å². The third-order valence-corrected chi connectivity index (χ3v) is 6.05. The Kier molecular flexibility index (Phi) is 5.79. The zero-order valence-corrected chi connectivity index (χ0v) is 17.3. The van der Waals surface area contributed by atoms with Gasteiger partial charge in [0.1, 0.15) is 5.82 Å². The first-order chi connectivity index (χ1) is 14.0. The van der Waals surface area contributed by atoms with Gasteiger partial charge < -0.3 is 10.3 Å². The minimum atomic E-state index is -0.0513. The SMILES string of the molecule is CC(C)(CCc1ccccc1)[C@@H](c1nc2ccccc2c(=O)[nH]1)N1CCNCC1. The molecule has 2 N–H and O–H groups in total. The molecule has 0 aliphatic carbocycles. The van der Waals surface area contributed by atoms with Crippen LogP contribution in [0.25, 0.3) is 10.9 Å². The van der Waals surface area contributed by atoms with Crippen LogP contribution in [0.5, 0.6) is 0 Å². The molecule has 0 spiro atoms. The molecule has 3 aromatic rings. The van der Waals surface area contributed by atoms with Crippen molar-refractivity contribution in [3.8, 4) is 0 Å². The average molecular weight is 391 g/mol. The fourth-order valence-corrected chi connectivity index (χ4v) is 4.46. The largest absolute Gasteiger partial charge is 0.314 e. The lowest BCUT2D eigenvalue weighted by molar-refractivity contribution is 0.0626. The molecule has 5 nitrogen and oxygen atoms in total. The normalized spacial score (nSPS) is 16.8. The highest BCUT2D eigenvalue weighted by Crippen LogP contribution is 2.40. The van der Waals surface area contributed by atoms with Crippen LogP contribution < -0.4 is 10.9 Å². The van der Waals surface area contributed by atoms with Gasteiger partial charge >= 0.3 is 0 Å². The number of para-hydroxylation sites is 1. The summed E-state index contributed by atoms with van der Waals surface area (Å²) in [4.78, 5) is 23.3. The number of aromatic amines is 1. The van der Waals surface area contributed by atoms with Crippen molar-refractivity contribution in [2.24, 2.45) is 5.41 Å². The van der Waals surface area contributed by atoms with E-state index in [1.807, 2.05) is 24.3 Å². The number of benzene rings is 2. The molecule has 152 valence electrons. The third-order valence-electron chi connectivity index (χ3n) is 6.05. The van der Waals surface area contributed by atoms with Crippen molar-refractivity contribution in [3.63, 3.8) is 0 Å². The Morgan fingerprint density at radius 2 is 1.72 bits per heavy atom. The Hall–Kier alpha value is -2.50. The first kappa shape index (κ1) is 19.8. The van der Waals surface area contributed by atoms with E-state index in [4.69, 9.17) is 4.98 Å². The van der Waals surface area contributed by atoms with E-state index in [0.29, 0.717) is 5.39 Å². The van der Waals surface area contributed by atoms with E-state index in [0.717, 1.165) is 50.4 Å². The van der Waals surface area contributed by atoms with Crippen LogP contribution >= 0.6 is 0 Å². The number of nitrogens with zero attached hydrogens (tertiary/aromatic N) is 2. The minimum Gasteiger partial charge on any atom is -0.314 e. The van der Waals surface area contributed by atoms with Crippen LogP contribution in [-0.4, -0.2) is 41.0 Å². The smallest absolute Gasteiger partial charge is 0.258 e. The molecule has 0 bridgehead atoms. The summed E-state index contributed by atoms with van der Waals surface area (Å²) in [6.45, 7) is 8.44. The highest BCUT2D eigenvalue weighted by Gasteiger charge is 2.37. The monoisotopic (exact) mass is 390 g/mol. The van der Waals surface area contributed by atoms with Crippen molar-refractivity contribution >= 4 is 10.9 Å². The summed E-state index contributed by atoms with van der Waals surface area (Å²) in [5.74, 6) is 0.786. The van der Waals surface area contributed by atoms with Gasteiger partial charge in [0.15, 0.2) is 0 Å². The van der Waals surface area contributed by atoms with Crippen molar-refractivity contribution in [1.82, 2.24) is 20.2 Å². The van der Waals surface area contributed by atoms with Crippen LogP contribution in [0.2, 0.25) is 0 Å². The predicted octanol–water partition coefficient (Wildman–Crippen LogP) is 3.53. The van der Waals surface area contributed by atoms with Gasteiger partial charge in [-0.3, -0.25) is 9.69 Å². The second kappa shape index (κ2) is 8.47. The van der Waals surface area contributed by atoms with Crippen molar-refractivity contribution in [2.45, 2.75) is 32.7 Å². The van der Waals surface area contributed by atoms with Crippen molar-refractivity contribution in [2.75, 3.05) is 26.2 Å². The zero-order chi connectivity index (χ0) is 20.3. The summed E-state index contributed by atoms with van der Waals surface area (Å²) in [5.41, 5.74) is 2.01. The van der Waals surface area contributed by atoms with Gasteiger partial charge in [0.2, 0.25) is 0 Å². The Balaban J connectivity index is 1.70. The summed E-state index contributed by atoms with van der Waals surface area (Å²) >= 11 is 0. The van der Waals surface area contributed by atoms with Crippen LogP contribution in [0.3, 0.4) is 0 Å². The topological polar surface area (TPSA) is 61.0 Å². The van der Waals surface area contributed by atoms with Gasteiger partial charge in [-0.15, -0.1) is 0 Å². The maximum absolute atomic E-state index is 12.8.